The first-order valence-electron chi connectivity index (χ1n) is 5.59. The van der Waals surface area contributed by atoms with Gasteiger partial charge in [-0.15, -0.1) is 6.42 Å². The molecule has 1 rings (SSSR count). The highest BCUT2D eigenvalue weighted by Crippen LogP contribution is 2.24. The average molecular weight is 263 g/mol. The molecule has 0 spiro atoms. The Hall–Kier alpha value is -1.60. The minimum absolute atomic E-state index is 0.155. The Labute approximate surface area is 112 Å². The normalized spacial score (nSPS) is 10.6. The first kappa shape index (κ1) is 14.5. The molecule has 0 aliphatic rings. The van der Waals surface area contributed by atoms with E-state index in [2.05, 4.69) is 11.2 Å². The molecule has 0 aromatic heterocycles. The summed E-state index contributed by atoms with van der Waals surface area (Å²) in [6.45, 7) is 6.21. The molecule has 0 radical (unpaired) electrons. The molecule has 0 atom stereocenters. The molecule has 0 bridgehead atoms. The highest BCUT2D eigenvalue weighted by atomic mass is 32.2. The largest absolute Gasteiger partial charge is 0.488 e. The lowest BCUT2D eigenvalue weighted by Crippen LogP contribution is -2.22. The van der Waals surface area contributed by atoms with Gasteiger partial charge in [0.15, 0.2) is 0 Å². The Bertz CT molecular complexity index is 440. The summed E-state index contributed by atoms with van der Waals surface area (Å²) in [6.07, 6.45) is 5.06. The third-order valence-electron chi connectivity index (χ3n) is 1.79. The van der Waals surface area contributed by atoms with Gasteiger partial charge in [0.1, 0.15) is 11.4 Å². The summed E-state index contributed by atoms with van der Waals surface area (Å²) in [5.74, 6) is 3.14. The van der Waals surface area contributed by atoms with E-state index in [0.29, 0.717) is 0 Å². The van der Waals surface area contributed by atoms with E-state index in [1.165, 1.54) is 0 Å². The van der Waals surface area contributed by atoms with Gasteiger partial charge in [-0.2, -0.15) is 0 Å². The number of rotatable bonds is 3. The number of hydrogen-bond donors (Lipinski definition) is 1. The van der Waals surface area contributed by atoms with E-state index >= 15 is 0 Å². The van der Waals surface area contributed by atoms with E-state index in [4.69, 9.17) is 11.2 Å². The number of thioether (sulfide) groups is 1. The van der Waals surface area contributed by atoms with Gasteiger partial charge >= 0.3 is 0 Å². The molecule has 0 saturated carbocycles. The van der Waals surface area contributed by atoms with Crippen molar-refractivity contribution in [3.8, 4) is 18.1 Å². The molecule has 1 amide bonds. The maximum Gasteiger partial charge on any atom is 0.284 e. The summed E-state index contributed by atoms with van der Waals surface area (Å²) in [5.41, 5.74) is -0.223. The van der Waals surface area contributed by atoms with Crippen LogP contribution in [0.5, 0.6) is 5.75 Å². The predicted molar refractivity (Wildman–Crippen MR) is 74.9 cm³/mol. The molecule has 0 aliphatic carbocycles. The van der Waals surface area contributed by atoms with Crippen LogP contribution in [0.25, 0.3) is 0 Å². The fourth-order valence-corrected chi connectivity index (χ4v) is 1.83. The van der Waals surface area contributed by atoms with Crippen LogP contribution in [0.15, 0.2) is 29.2 Å². The summed E-state index contributed by atoms with van der Waals surface area (Å²) in [4.78, 5) is 12.3. The topological polar surface area (TPSA) is 38.3 Å². The molecular weight excluding hydrogens is 246 g/mol. The van der Waals surface area contributed by atoms with Crippen molar-refractivity contribution in [3.05, 3.63) is 24.3 Å². The van der Waals surface area contributed by atoms with Crippen LogP contribution in [-0.4, -0.2) is 17.4 Å². The highest BCUT2D eigenvalue weighted by Gasteiger charge is 2.11. The Morgan fingerprint density at radius 2 is 2.00 bits per heavy atom. The van der Waals surface area contributed by atoms with Crippen molar-refractivity contribution < 1.29 is 9.53 Å². The standard InChI is InChI=1S/C14H17NO2S/c1-5-10-15-13(16)18-12-8-6-11(7-9-12)17-14(2,3)4/h1,6-9H,10H2,2-4H3,(H,15,16). The molecule has 0 heterocycles. The summed E-state index contributed by atoms with van der Waals surface area (Å²) < 4.78 is 5.69. The zero-order valence-corrected chi connectivity index (χ0v) is 11.6. The van der Waals surface area contributed by atoms with E-state index in [1.807, 2.05) is 45.0 Å². The summed E-state index contributed by atoms with van der Waals surface area (Å²) in [7, 11) is 0. The van der Waals surface area contributed by atoms with Gasteiger partial charge in [-0.1, -0.05) is 5.92 Å². The molecule has 0 fully saturated rings. The molecule has 0 aliphatic heterocycles. The van der Waals surface area contributed by atoms with Crippen molar-refractivity contribution in [1.82, 2.24) is 5.32 Å². The monoisotopic (exact) mass is 263 g/mol. The fourth-order valence-electron chi connectivity index (χ4n) is 1.20. The molecular formula is C14H17NO2S. The van der Waals surface area contributed by atoms with Gasteiger partial charge < -0.3 is 10.1 Å². The second-order valence-corrected chi connectivity index (χ2v) is 5.68. The fraction of sp³-hybridized carbons (Fsp3) is 0.357. The van der Waals surface area contributed by atoms with Gasteiger partial charge in [0, 0.05) is 4.90 Å². The average Bonchev–Trinajstić information content (AvgIpc) is 2.27. The number of amides is 1. The maximum absolute atomic E-state index is 11.4. The molecule has 1 aromatic carbocycles. The van der Waals surface area contributed by atoms with Gasteiger partial charge in [0.05, 0.1) is 6.54 Å². The molecule has 96 valence electrons. The van der Waals surface area contributed by atoms with Gasteiger partial charge in [0.2, 0.25) is 0 Å². The van der Waals surface area contributed by atoms with Crippen LogP contribution >= 0.6 is 11.8 Å². The van der Waals surface area contributed by atoms with Crippen molar-refractivity contribution >= 4 is 17.0 Å². The number of hydrogen-bond acceptors (Lipinski definition) is 3. The first-order valence-corrected chi connectivity index (χ1v) is 6.40. The van der Waals surface area contributed by atoms with Crippen molar-refractivity contribution in [2.75, 3.05) is 6.54 Å². The molecule has 1 aromatic rings. The minimum Gasteiger partial charge on any atom is -0.488 e. The van der Waals surface area contributed by atoms with Crippen LogP contribution in [0, 0.1) is 12.3 Å². The number of benzene rings is 1. The number of nitrogens with one attached hydrogen (secondary N) is 1. The lowest BCUT2D eigenvalue weighted by Gasteiger charge is -2.21. The summed E-state index contributed by atoms with van der Waals surface area (Å²) >= 11 is 1.11. The number of terminal acetylenes is 1. The van der Waals surface area contributed by atoms with Gasteiger partial charge in [-0.3, -0.25) is 4.79 Å². The van der Waals surface area contributed by atoms with E-state index in [1.54, 1.807) is 0 Å². The van der Waals surface area contributed by atoms with E-state index < -0.39 is 0 Å². The zero-order valence-electron chi connectivity index (χ0n) is 10.8. The number of carbonyl (C=O) groups is 1. The Morgan fingerprint density at radius 3 is 2.50 bits per heavy atom. The van der Waals surface area contributed by atoms with Gasteiger partial charge in [-0.05, 0) is 56.8 Å². The van der Waals surface area contributed by atoms with Crippen LogP contribution in [0.3, 0.4) is 0 Å². The van der Waals surface area contributed by atoms with Crippen LogP contribution < -0.4 is 10.1 Å². The minimum atomic E-state index is -0.223. The predicted octanol–water partition coefficient (Wildman–Crippen LogP) is 3.30. The quantitative estimate of drug-likeness (QED) is 0.671. The summed E-state index contributed by atoms with van der Waals surface area (Å²) in [6, 6.07) is 7.40. The van der Waals surface area contributed by atoms with Crippen molar-refractivity contribution in [1.29, 1.82) is 0 Å². The maximum atomic E-state index is 11.4. The molecule has 4 heteroatoms. The van der Waals surface area contributed by atoms with Crippen LogP contribution in [0.2, 0.25) is 0 Å². The van der Waals surface area contributed by atoms with E-state index in [-0.39, 0.29) is 17.4 Å². The Morgan fingerprint density at radius 1 is 1.39 bits per heavy atom. The van der Waals surface area contributed by atoms with E-state index in [9.17, 15) is 4.79 Å². The molecule has 0 saturated heterocycles. The van der Waals surface area contributed by atoms with Gasteiger partial charge in [0.25, 0.3) is 5.24 Å². The zero-order chi connectivity index (χ0) is 13.6. The number of ether oxygens (including phenoxy) is 1. The smallest absolute Gasteiger partial charge is 0.284 e. The second kappa shape index (κ2) is 6.36. The Kier molecular flexibility index (Phi) is 5.11. The lowest BCUT2D eigenvalue weighted by molar-refractivity contribution is 0.131. The van der Waals surface area contributed by atoms with Crippen molar-refractivity contribution in [2.45, 2.75) is 31.3 Å². The van der Waals surface area contributed by atoms with Crippen LogP contribution in [-0.2, 0) is 0 Å². The van der Waals surface area contributed by atoms with Crippen LogP contribution in [0.4, 0.5) is 4.79 Å². The lowest BCUT2D eigenvalue weighted by atomic mass is 10.2. The molecule has 18 heavy (non-hydrogen) atoms. The molecule has 0 unspecified atom stereocenters. The second-order valence-electron chi connectivity index (χ2n) is 4.63. The third-order valence-corrected chi connectivity index (χ3v) is 2.63. The highest BCUT2D eigenvalue weighted by molar-refractivity contribution is 8.13. The summed E-state index contributed by atoms with van der Waals surface area (Å²) in [5, 5.41) is 2.44. The first-order chi connectivity index (χ1) is 8.40. The Balaban J connectivity index is 2.56. The molecule has 3 nitrogen and oxygen atoms in total. The third kappa shape index (κ3) is 5.65. The van der Waals surface area contributed by atoms with Crippen molar-refractivity contribution in [3.63, 3.8) is 0 Å². The number of carbonyl (C=O) groups excluding carboxylic acids is 1. The van der Waals surface area contributed by atoms with Crippen LogP contribution in [0.1, 0.15) is 20.8 Å². The van der Waals surface area contributed by atoms with Crippen molar-refractivity contribution in [2.24, 2.45) is 0 Å². The SMILES string of the molecule is C#CCNC(=O)Sc1ccc(OC(C)(C)C)cc1. The van der Waals surface area contributed by atoms with E-state index in [0.717, 1.165) is 22.4 Å². The van der Waals surface area contributed by atoms with Gasteiger partial charge in [-0.25, -0.2) is 0 Å². The molecule has 1 N–H and O–H groups in total.